The molecule has 0 radical (unpaired) electrons. The van der Waals surface area contributed by atoms with Crippen LogP contribution in [0.5, 0.6) is 0 Å². The maximum atomic E-state index is 12.5. The Hall–Kier alpha value is -2.25. The zero-order valence-corrected chi connectivity index (χ0v) is 13.3. The van der Waals surface area contributed by atoms with Crippen LogP contribution in [0, 0.1) is 6.92 Å². The Morgan fingerprint density at radius 1 is 1.30 bits per heavy atom. The number of hydrogen-bond donors (Lipinski definition) is 2. The Kier molecular flexibility index (Phi) is 3.91. The summed E-state index contributed by atoms with van der Waals surface area (Å²) in [7, 11) is -3.83. The molecule has 1 aliphatic carbocycles. The molecule has 1 aromatic heterocycles. The Bertz CT molecular complexity index is 877. The van der Waals surface area contributed by atoms with Crippen molar-refractivity contribution in [3.05, 3.63) is 58.9 Å². The molecule has 0 spiro atoms. The van der Waals surface area contributed by atoms with Gasteiger partial charge in [-0.05, 0) is 37.0 Å². The lowest BCUT2D eigenvalue weighted by atomic mass is 10.1. The highest BCUT2D eigenvalue weighted by molar-refractivity contribution is 7.89. The SMILES string of the molecule is Cc1ccc2c(c1)CCC2NS(=O)(=O)c1cncc(C(=O)O)c1. The lowest BCUT2D eigenvalue weighted by Crippen LogP contribution is -2.27. The number of aryl methyl sites for hydroxylation is 2. The molecule has 0 amide bonds. The van der Waals surface area contributed by atoms with Crippen molar-refractivity contribution >= 4 is 16.0 Å². The second-order valence-electron chi connectivity index (χ2n) is 5.63. The van der Waals surface area contributed by atoms with Gasteiger partial charge >= 0.3 is 5.97 Å². The Labute approximate surface area is 134 Å². The molecule has 1 heterocycles. The quantitative estimate of drug-likeness (QED) is 0.893. The van der Waals surface area contributed by atoms with E-state index in [1.165, 1.54) is 0 Å². The summed E-state index contributed by atoms with van der Waals surface area (Å²) in [6.07, 6.45) is 3.77. The number of aromatic carboxylic acids is 1. The normalized spacial score (nSPS) is 17.0. The van der Waals surface area contributed by atoms with Crippen molar-refractivity contribution in [2.75, 3.05) is 0 Å². The molecule has 2 aromatic rings. The zero-order valence-electron chi connectivity index (χ0n) is 12.5. The Morgan fingerprint density at radius 2 is 2.09 bits per heavy atom. The number of carbonyl (C=O) groups is 1. The monoisotopic (exact) mass is 332 g/mol. The predicted molar refractivity (Wildman–Crippen MR) is 83.8 cm³/mol. The van der Waals surface area contributed by atoms with Crippen LogP contribution in [-0.2, 0) is 16.4 Å². The minimum absolute atomic E-state index is 0.141. The lowest BCUT2D eigenvalue weighted by Gasteiger charge is -2.14. The smallest absolute Gasteiger partial charge is 0.337 e. The summed E-state index contributed by atoms with van der Waals surface area (Å²) < 4.78 is 27.6. The summed E-state index contributed by atoms with van der Waals surface area (Å²) in [6.45, 7) is 2.00. The van der Waals surface area contributed by atoms with Gasteiger partial charge in [0.15, 0.2) is 0 Å². The average Bonchev–Trinajstić information content (AvgIpc) is 2.89. The van der Waals surface area contributed by atoms with Crippen molar-refractivity contribution in [2.24, 2.45) is 0 Å². The third-order valence-electron chi connectivity index (χ3n) is 3.94. The molecule has 0 fully saturated rings. The molecule has 120 valence electrons. The van der Waals surface area contributed by atoms with E-state index >= 15 is 0 Å². The molecule has 1 aromatic carbocycles. The third-order valence-corrected chi connectivity index (χ3v) is 5.38. The van der Waals surface area contributed by atoms with E-state index in [2.05, 4.69) is 15.8 Å². The molecule has 0 aliphatic heterocycles. The molecule has 0 bridgehead atoms. The molecule has 1 aliphatic rings. The first-order valence-corrected chi connectivity index (χ1v) is 8.65. The summed E-state index contributed by atoms with van der Waals surface area (Å²) in [5.74, 6) is -1.21. The van der Waals surface area contributed by atoms with Gasteiger partial charge in [0, 0.05) is 18.4 Å². The van der Waals surface area contributed by atoms with E-state index < -0.39 is 16.0 Å². The van der Waals surface area contributed by atoms with Gasteiger partial charge in [-0.1, -0.05) is 23.8 Å². The van der Waals surface area contributed by atoms with Gasteiger partial charge in [-0.3, -0.25) is 4.98 Å². The molecule has 0 saturated carbocycles. The molecule has 6 nitrogen and oxygen atoms in total. The van der Waals surface area contributed by atoms with Gasteiger partial charge in [-0.15, -0.1) is 0 Å². The van der Waals surface area contributed by atoms with Gasteiger partial charge in [0.1, 0.15) is 4.90 Å². The lowest BCUT2D eigenvalue weighted by molar-refractivity contribution is 0.0696. The third kappa shape index (κ3) is 3.11. The van der Waals surface area contributed by atoms with Gasteiger partial charge in [0.05, 0.1) is 5.56 Å². The predicted octanol–water partition coefficient (Wildman–Crippen LogP) is 2.05. The van der Waals surface area contributed by atoms with Gasteiger partial charge < -0.3 is 5.11 Å². The first kappa shape index (κ1) is 15.6. The van der Waals surface area contributed by atoms with Crippen molar-refractivity contribution in [1.29, 1.82) is 0 Å². The number of pyridine rings is 1. The van der Waals surface area contributed by atoms with E-state index in [-0.39, 0.29) is 16.5 Å². The van der Waals surface area contributed by atoms with Crippen LogP contribution in [0.3, 0.4) is 0 Å². The number of carboxylic acids is 1. The highest BCUT2D eigenvalue weighted by Crippen LogP contribution is 2.32. The van der Waals surface area contributed by atoms with Crippen LogP contribution in [0.2, 0.25) is 0 Å². The fraction of sp³-hybridized carbons (Fsp3) is 0.250. The first-order valence-electron chi connectivity index (χ1n) is 7.17. The van der Waals surface area contributed by atoms with Crippen LogP contribution in [0.25, 0.3) is 0 Å². The molecular formula is C16H16N2O4S. The van der Waals surface area contributed by atoms with E-state index in [0.29, 0.717) is 6.42 Å². The van der Waals surface area contributed by atoms with Crippen molar-refractivity contribution in [3.63, 3.8) is 0 Å². The molecular weight excluding hydrogens is 316 g/mol. The number of benzene rings is 1. The first-order chi connectivity index (χ1) is 10.9. The number of sulfonamides is 1. The number of carboxylic acid groups (broad SMARTS) is 1. The summed E-state index contributed by atoms with van der Waals surface area (Å²) in [5, 5.41) is 8.96. The number of fused-ring (bicyclic) bond motifs is 1. The molecule has 1 atom stereocenters. The summed E-state index contributed by atoms with van der Waals surface area (Å²) >= 11 is 0. The van der Waals surface area contributed by atoms with Crippen molar-refractivity contribution in [3.8, 4) is 0 Å². The maximum Gasteiger partial charge on any atom is 0.337 e. The number of hydrogen-bond acceptors (Lipinski definition) is 4. The topological polar surface area (TPSA) is 96.4 Å². The van der Waals surface area contributed by atoms with Crippen molar-refractivity contribution < 1.29 is 18.3 Å². The van der Waals surface area contributed by atoms with E-state index in [4.69, 9.17) is 5.11 Å². The van der Waals surface area contributed by atoms with E-state index in [9.17, 15) is 13.2 Å². The zero-order chi connectivity index (χ0) is 16.6. The van der Waals surface area contributed by atoms with Crippen LogP contribution in [0.1, 0.15) is 39.5 Å². The minimum atomic E-state index is -3.83. The molecule has 3 rings (SSSR count). The second kappa shape index (κ2) is 5.75. The van der Waals surface area contributed by atoms with Crippen LogP contribution in [0.15, 0.2) is 41.6 Å². The van der Waals surface area contributed by atoms with Crippen LogP contribution < -0.4 is 4.72 Å². The van der Waals surface area contributed by atoms with Crippen LogP contribution >= 0.6 is 0 Å². The van der Waals surface area contributed by atoms with Crippen LogP contribution in [0.4, 0.5) is 0 Å². The largest absolute Gasteiger partial charge is 0.478 e. The van der Waals surface area contributed by atoms with Gasteiger partial charge in [-0.25, -0.2) is 17.9 Å². The van der Waals surface area contributed by atoms with E-state index in [0.717, 1.165) is 41.6 Å². The number of aromatic nitrogens is 1. The summed E-state index contributed by atoms with van der Waals surface area (Å²) in [5.41, 5.74) is 3.11. The number of nitrogens with zero attached hydrogens (tertiary/aromatic N) is 1. The summed E-state index contributed by atoms with van der Waals surface area (Å²) in [4.78, 5) is 14.5. The van der Waals surface area contributed by atoms with Crippen molar-refractivity contribution in [1.82, 2.24) is 9.71 Å². The molecule has 7 heteroatoms. The van der Waals surface area contributed by atoms with Gasteiger partial charge in [0.25, 0.3) is 0 Å². The Balaban J connectivity index is 1.89. The minimum Gasteiger partial charge on any atom is -0.478 e. The van der Waals surface area contributed by atoms with Crippen LogP contribution in [-0.4, -0.2) is 24.5 Å². The number of nitrogens with one attached hydrogen (secondary N) is 1. The highest BCUT2D eigenvalue weighted by Gasteiger charge is 2.28. The molecule has 2 N–H and O–H groups in total. The molecule has 23 heavy (non-hydrogen) atoms. The fourth-order valence-electron chi connectivity index (χ4n) is 2.81. The Morgan fingerprint density at radius 3 is 2.83 bits per heavy atom. The highest BCUT2D eigenvalue weighted by atomic mass is 32.2. The van der Waals surface area contributed by atoms with Gasteiger partial charge in [-0.2, -0.15) is 0 Å². The number of rotatable bonds is 4. The fourth-order valence-corrected chi connectivity index (χ4v) is 4.04. The van der Waals surface area contributed by atoms with E-state index in [1.54, 1.807) is 0 Å². The van der Waals surface area contributed by atoms with Crippen molar-refractivity contribution in [2.45, 2.75) is 30.7 Å². The van der Waals surface area contributed by atoms with E-state index in [1.807, 2.05) is 19.1 Å². The second-order valence-corrected chi connectivity index (χ2v) is 7.34. The van der Waals surface area contributed by atoms with Gasteiger partial charge in [0.2, 0.25) is 10.0 Å². The average molecular weight is 332 g/mol. The molecule has 0 saturated heterocycles. The standard InChI is InChI=1S/C16H16N2O4S/c1-10-2-4-14-11(6-10)3-5-15(14)18-23(21,22)13-7-12(16(19)20)8-17-9-13/h2,4,6-9,15,18H,3,5H2,1H3,(H,19,20). The summed E-state index contributed by atoms with van der Waals surface area (Å²) in [6, 6.07) is 6.78. The molecule has 1 unspecified atom stereocenters. The maximum absolute atomic E-state index is 12.5.